The number of fused-ring (bicyclic) bond motifs is 1. The van der Waals surface area contributed by atoms with Crippen molar-refractivity contribution >= 4 is 46.3 Å². The molecule has 1 fully saturated rings. The molecule has 286 valence electrons. The van der Waals surface area contributed by atoms with Gasteiger partial charge in [0.05, 0.1) is 39.4 Å². The van der Waals surface area contributed by atoms with Crippen LogP contribution in [-0.4, -0.2) is 74.5 Å². The van der Waals surface area contributed by atoms with Gasteiger partial charge in [-0.3, -0.25) is 14.9 Å². The van der Waals surface area contributed by atoms with Crippen LogP contribution < -0.4 is 29.2 Å². The SMILES string of the molecule is COc1ccc(CN(Cc2ccc(OC)cc2OC)c2cc(NC3CCOC(C(=O)N4CCc5cc(Cl)cc(Cl)c5[C@@H]4C)C3)c([N+](=O)[O-])cn2)c(OC)c1. The lowest BCUT2D eigenvalue weighted by Gasteiger charge is -2.39. The highest BCUT2D eigenvalue weighted by molar-refractivity contribution is 6.35. The number of rotatable bonds is 13. The molecule has 0 saturated carbocycles. The highest BCUT2D eigenvalue weighted by Gasteiger charge is 2.37. The van der Waals surface area contributed by atoms with E-state index >= 15 is 0 Å². The predicted octanol–water partition coefficient (Wildman–Crippen LogP) is 7.64. The maximum Gasteiger partial charge on any atom is 0.310 e. The highest BCUT2D eigenvalue weighted by atomic mass is 35.5. The third-order valence-corrected chi connectivity index (χ3v) is 10.5. The smallest absolute Gasteiger partial charge is 0.310 e. The van der Waals surface area contributed by atoms with E-state index < -0.39 is 11.0 Å². The molecule has 3 heterocycles. The van der Waals surface area contributed by atoms with E-state index in [0.29, 0.717) is 84.4 Å². The molecule has 3 aromatic carbocycles. The minimum atomic E-state index is -0.742. The Hall–Kier alpha value is -4.98. The molecule has 2 unspecified atom stereocenters. The van der Waals surface area contributed by atoms with Gasteiger partial charge in [-0.05, 0) is 67.3 Å². The van der Waals surface area contributed by atoms with Crippen molar-refractivity contribution in [2.45, 2.75) is 57.5 Å². The lowest BCUT2D eigenvalue weighted by molar-refractivity contribution is -0.384. The van der Waals surface area contributed by atoms with Crippen molar-refractivity contribution in [1.82, 2.24) is 9.88 Å². The molecule has 13 nitrogen and oxygen atoms in total. The van der Waals surface area contributed by atoms with E-state index in [2.05, 4.69) is 10.3 Å². The van der Waals surface area contributed by atoms with Crippen LogP contribution in [0.4, 0.5) is 17.2 Å². The van der Waals surface area contributed by atoms with E-state index in [9.17, 15) is 14.9 Å². The molecule has 1 aromatic heterocycles. The molecule has 2 aliphatic rings. The third-order valence-electron chi connectivity index (χ3n) is 9.99. The summed E-state index contributed by atoms with van der Waals surface area (Å²) in [5.41, 5.74) is 3.68. The molecule has 6 rings (SSSR count). The summed E-state index contributed by atoms with van der Waals surface area (Å²) in [7, 11) is 6.34. The number of carbonyl (C=O) groups is 1. The molecule has 15 heteroatoms. The van der Waals surface area contributed by atoms with Crippen molar-refractivity contribution < 1.29 is 33.4 Å². The lowest BCUT2D eigenvalue weighted by Crippen LogP contribution is -2.48. The van der Waals surface area contributed by atoms with Crippen LogP contribution in [0.15, 0.2) is 60.8 Å². The summed E-state index contributed by atoms with van der Waals surface area (Å²) in [6, 6.07) is 15.8. The normalized spacial score (nSPS) is 18.0. The minimum absolute atomic E-state index is 0.149. The van der Waals surface area contributed by atoms with Crippen molar-refractivity contribution in [2.75, 3.05) is 51.8 Å². The molecule has 3 atom stereocenters. The largest absolute Gasteiger partial charge is 0.497 e. The number of benzene rings is 3. The Balaban J connectivity index is 1.28. The van der Waals surface area contributed by atoms with Crippen LogP contribution in [0.2, 0.25) is 10.0 Å². The molecule has 54 heavy (non-hydrogen) atoms. The number of pyridine rings is 1. The first-order valence-corrected chi connectivity index (χ1v) is 18.3. The fraction of sp³-hybridized carbons (Fsp3) is 0.385. The van der Waals surface area contributed by atoms with Crippen LogP contribution in [0.25, 0.3) is 0 Å². The van der Waals surface area contributed by atoms with Crippen LogP contribution in [0.3, 0.4) is 0 Å². The number of nitrogens with one attached hydrogen (secondary N) is 1. The number of carbonyl (C=O) groups excluding carboxylic acids is 1. The first-order valence-electron chi connectivity index (χ1n) is 17.5. The average Bonchev–Trinajstić information content (AvgIpc) is 3.17. The zero-order chi connectivity index (χ0) is 38.5. The fourth-order valence-electron chi connectivity index (χ4n) is 7.17. The number of nitrogens with zero attached hydrogens (tertiary/aromatic N) is 4. The van der Waals surface area contributed by atoms with E-state index in [1.807, 2.05) is 42.2 Å². The molecule has 1 N–H and O–H groups in total. The first-order chi connectivity index (χ1) is 26.0. The molecule has 0 aliphatic carbocycles. The van der Waals surface area contributed by atoms with Crippen molar-refractivity contribution in [3.05, 3.63) is 103 Å². The van der Waals surface area contributed by atoms with Crippen LogP contribution >= 0.6 is 23.2 Å². The van der Waals surface area contributed by atoms with Gasteiger partial charge in [0.1, 0.15) is 46.8 Å². The molecular formula is C39H43Cl2N5O8. The van der Waals surface area contributed by atoms with Gasteiger partial charge >= 0.3 is 5.69 Å². The second-order valence-electron chi connectivity index (χ2n) is 13.2. The molecule has 2 aliphatic heterocycles. The van der Waals surface area contributed by atoms with Crippen LogP contribution in [-0.2, 0) is 29.0 Å². The average molecular weight is 781 g/mol. The number of amides is 1. The van der Waals surface area contributed by atoms with E-state index in [0.717, 1.165) is 22.3 Å². The number of ether oxygens (including phenoxy) is 5. The quantitative estimate of drug-likeness (QED) is 0.106. The zero-order valence-corrected chi connectivity index (χ0v) is 32.3. The van der Waals surface area contributed by atoms with E-state index in [-0.39, 0.29) is 29.4 Å². The summed E-state index contributed by atoms with van der Waals surface area (Å²) in [6.07, 6.45) is 1.98. The molecular weight excluding hydrogens is 737 g/mol. The van der Waals surface area contributed by atoms with Gasteiger partial charge in [0.25, 0.3) is 5.91 Å². The molecule has 1 saturated heterocycles. The van der Waals surface area contributed by atoms with Gasteiger partial charge in [0, 0.05) is 78.1 Å². The summed E-state index contributed by atoms with van der Waals surface area (Å²) < 4.78 is 28.2. The monoisotopic (exact) mass is 779 g/mol. The Morgan fingerprint density at radius 3 is 2.22 bits per heavy atom. The Kier molecular flexibility index (Phi) is 12.2. The maximum absolute atomic E-state index is 13.9. The predicted molar refractivity (Wildman–Crippen MR) is 207 cm³/mol. The summed E-state index contributed by atoms with van der Waals surface area (Å²) in [5.74, 6) is 2.81. The van der Waals surface area contributed by atoms with Crippen molar-refractivity contribution in [2.24, 2.45) is 0 Å². The second kappa shape index (κ2) is 17.0. The van der Waals surface area contributed by atoms with Crippen LogP contribution in [0.5, 0.6) is 23.0 Å². The van der Waals surface area contributed by atoms with Crippen LogP contribution in [0, 0.1) is 10.1 Å². The van der Waals surface area contributed by atoms with Crippen molar-refractivity contribution in [3.8, 4) is 23.0 Å². The van der Waals surface area contributed by atoms with Gasteiger partial charge in [-0.1, -0.05) is 23.2 Å². The van der Waals surface area contributed by atoms with Crippen LogP contribution in [0.1, 0.15) is 48.1 Å². The van der Waals surface area contributed by atoms with Gasteiger partial charge < -0.3 is 38.8 Å². The summed E-state index contributed by atoms with van der Waals surface area (Å²) in [6.45, 7) is 3.40. The highest BCUT2D eigenvalue weighted by Crippen LogP contribution is 2.39. The lowest BCUT2D eigenvalue weighted by atomic mass is 9.92. The topological polar surface area (TPSA) is 138 Å². The number of nitro groups is 1. The molecule has 0 radical (unpaired) electrons. The summed E-state index contributed by atoms with van der Waals surface area (Å²) >= 11 is 12.8. The zero-order valence-electron chi connectivity index (χ0n) is 30.8. The molecule has 1 amide bonds. The number of aromatic nitrogens is 1. The van der Waals surface area contributed by atoms with Gasteiger partial charge in [0.2, 0.25) is 0 Å². The molecule has 0 bridgehead atoms. The Morgan fingerprint density at radius 2 is 1.63 bits per heavy atom. The number of halogens is 2. The molecule has 0 spiro atoms. The summed E-state index contributed by atoms with van der Waals surface area (Å²) in [4.78, 5) is 34.2. The maximum atomic E-state index is 13.9. The number of anilines is 2. The number of hydrogen-bond acceptors (Lipinski definition) is 11. The van der Waals surface area contributed by atoms with E-state index in [1.165, 1.54) is 6.20 Å². The number of methoxy groups -OCH3 is 4. The fourth-order valence-corrected chi connectivity index (χ4v) is 7.87. The summed E-state index contributed by atoms with van der Waals surface area (Å²) in [5, 5.41) is 16.8. The molecule has 4 aromatic rings. The van der Waals surface area contributed by atoms with E-state index in [1.54, 1.807) is 57.6 Å². The third kappa shape index (κ3) is 8.38. The minimum Gasteiger partial charge on any atom is -0.497 e. The second-order valence-corrected chi connectivity index (χ2v) is 14.0. The van der Waals surface area contributed by atoms with Gasteiger partial charge in [-0.2, -0.15) is 0 Å². The van der Waals surface area contributed by atoms with Gasteiger partial charge in [0.15, 0.2) is 0 Å². The van der Waals surface area contributed by atoms with E-state index in [4.69, 9.17) is 46.9 Å². The van der Waals surface area contributed by atoms with Gasteiger partial charge in [-0.15, -0.1) is 0 Å². The van der Waals surface area contributed by atoms with Crippen molar-refractivity contribution in [3.63, 3.8) is 0 Å². The van der Waals surface area contributed by atoms with Crippen molar-refractivity contribution in [1.29, 1.82) is 0 Å². The Morgan fingerprint density at radius 1 is 0.981 bits per heavy atom. The first kappa shape index (κ1) is 38.7. The standard InChI is InChI=1S/C39H43Cl2N5O8/c1-23-38-24(14-27(40)15-31(38)41)10-12-45(23)39(47)36-16-28(11-13-54-36)43-32-19-37(42-20-33(32)46(48)49)44(21-25-6-8-29(50-2)17-34(25)52-4)22-26-7-9-30(51-3)18-35(26)53-5/h6-9,14-15,17-20,23,28,36H,10-13,16,21-22H2,1-5H3,(H,42,43)/t23-,28?,36?/m0/s1. The van der Waals surface area contributed by atoms with Gasteiger partial charge in [-0.25, -0.2) is 4.98 Å². The Labute approximate surface area is 324 Å². The Bertz CT molecular complexity index is 1960. The number of hydrogen-bond donors (Lipinski definition) is 1.